The van der Waals surface area contributed by atoms with Crippen molar-refractivity contribution < 1.29 is 0 Å². The van der Waals surface area contributed by atoms with E-state index < -0.39 is 0 Å². The van der Waals surface area contributed by atoms with Gasteiger partial charge in [-0.2, -0.15) is 0 Å². The molecule has 2 heterocycles. The molecule has 0 atom stereocenters. The third kappa shape index (κ3) is 3.61. The zero-order valence-corrected chi connectivity index (χ0v) is 26.4. The Morgan fingerprint density at radius 2 is 0.936 bits per heavy atom. The molecular formula is C45H32N2. The molecule has 10 rings (SSSR count). The molecule has 1 aliphatic carbocycles. The van der Waals surface area contributed by atoms with Crippen molar-refractivity contribution in [1.29, 1.82) is 0 Å². The Bertz CT molecular complexity index is 2700. The lowest BCUT2D eigenvalue weighted by molar-refractivity contribution is 0.660. The molecule has 9 aromatic rings. The first-order chi connectivity index (χ1) is 23.1. The van der Waals surface area contributed by atoms with Crippen LogP contribution in [-0.2, 0) is 5.41 Å². The fourth-order valence-corrected chi connectivity index (χ4v) is 8.34. The number of aromatic nitrogens is 2. The first-order valence-electron chi connectivity index (χ1n) is 16.5. The Morgan fingerprint density at radius 1 is 0.383 bits per heavy atom. The lowest BCUT2D eigenvalue weighted by atomic mass is 9.82. The van der Waals surface area contributed by atoms with Crippen molar-refractivity contribution in [3.63, 3.8) is 0 Å². The van der Waals surface area contributed by atoms with Crippen molar-refractivity contribution in [3.05, 3.63) is 169 Å². The van der Waals surface area contributed by atoms with Gasteiger partial charge < -0.3 is 9.13 Å². The van der Waals surface area contributed by atoms with Crippen molar-refractivity contribution in [2.45, 2.75) is 19.3 Å². The van der Waals surface area contributed by atoms with E-state index in [1.54, 1.807) is 0 Å². The van der Waals surface area contributed by atoms with Gasteiger partial charge in [0.1, 0.15) is 0 Å². The molecule has 0 radical (unpaired) electrons. The molecule has 0 aliphatic heterocycles. The van der Waals surface area contributed by atoms with Crippen LogP contribution in [0.25, 0.3) is 77.2 Å². The number of hydrogen-bond donors (Lipinski definition) is 0. The first kappa shape index (κ1) is 26.4. The normalized spacial score (nSPS) is 13.5. The smallest absolute Gasteiger partial charge is 0.0788 e. The van der Waals surface area contributed by atoms with Gasteiger partial charge in [0.2, 0.25) is 0 Å². The largest absolute Gasteiger partial charge is 0.307 e. The molecule has 2 nitrogen and oxygen atoms in total. The molecule has 47 heavy (non-hydrogen) atoms. The molecular weight excluding hydrogens is 569 g/mol. The second-order valence-corrected chi connectivity index (χ2v) is 13.4. The number of benzene rings is 7. The van der Waals surface area contributed by atoms with Gasteiger partial charge in [0.25, 0.3) is 0 Å². The summed E-state index contributed by atoms with van der Waals surface area (Å²) in [6.45, 7) is 4.70. The predicted octanol–water partition coefficient (Wildman–Crippen LogP) is 11.9. The molecule has 0 saturated heterocycles. The van der Waals surface area contributed by atoms with Crippen molar-refractivity contribution in [2.24, 2.45) is 0 Å². The Kier molecular flexibility index (Phi) is 5.37. The standard InChI is InChI=1S/C45H32N2/c1-45(2)39-20-9-6-17-33(39)38-28-32(23-26-40(38)45)47-42-22-11-8-19-35(42)37-25-24-36-34-18-7-10-21-41(34)46(43(36)44(37)47)31-16-12-15-30(27-31)29-13-4-3-5-14-29/h3-28H,1-2H3. The number of fused-ring (bicyclic) bond motifs is 10. The summed E-state index contributed by atoms with van der Waals surface area (Å²) in [5, 5.41) is 5.05. The van der Waals surface area contributed by atoms with Crippen LogP contribution in [0.3, 0.4) is 0 Å². The van der Waals surface area contributed by atoms with Crippen LogP contribution in [-0.4, -0.2) is 9.13 Å². The monoisotopic (exact) mass is 600 g/mol. The average molecular weight is 601 g/mol. The summed E-state index contributed by atoms with van der Waals surface area (Å²) in [5.41, 5.74) is 15.1. The van der Waals surface area contributed by atoms with Gasteiger partial charge in [-0.3, -0.25) is 0 Å². The molecule has 0 spiro atoms. The molecule has 222 valence electrons. The fourth-order valence-electron chi connectivity index (χ4n) is 8.34. The van der Waals surface area contributed by atoms with Crippen molar-refractivity contribution >= 4 is 43.6 Å². The van der Waals surface area contributed by atoms with Crippen LogP contribution in [0.4, 0.5) is 0 Å². The van der Waals surface area contributed by atoms with E-state index in [0.29, 0.717) is 0 Å². The molecule has 0 saturated carbocycles. The molecule has 2 heteroatoms. The van der Waals surface area contributed by atoms with Crippen LogP contribution in [0, 0.1) is 0 Å². The van der Waals surface area contributed by atoms with Gasteiger partial charge >= 0.3 is 0 Å². The van der Waals surface area contributed by atoms with Crippen LogP contribution < -0.4 is 0 Å². The molecule has 0 unspecified atom stereocenters. The summed E-state index contributed by atoms with van der Waals surface area (Å²) in [6.07, 6.45) is 0. The summed E-state index contributed by atoms with van der Waals surface area (Å²) >= 11 is 0. The summed E-state index contributed by atoms with van der Waals surface area (Å²) in [5.74, 6) is 0. The van der Waals surface area contributed by atoms with E-state index in [2.05, 4.69) is 181 Å². The summed E-state index contributed by atoms with van der Waals surface area (Å²) < 4.78 is 5.00. The summed E-state index contributed by atoms with van der Waals surface area (Å²) in [7, 11) is 0. The summed E-state index contributed by atoms with van der Waals surface area (Å²) in [6, 6.07) is 58.1. The zero-order valence-electron chi connectivity index (χ0n) is 26.4. The van der Waals surface area contributed by atoms with E-state index in [4.69, 9.17) is 0 Å². The van der Waals surface area contributed by atoms with Crippen molar-refractivity contribution in [3.8, 4) is 33.6 Å². The van der Waals surface area contributed by atoms with E-state index in [9.17, 15) is 0 Å². The second-order valence-electron chi connectivity index (χ2n) is 13.4. The lowest BCUT2D eigenvalue weighted by Crippen LogP contribution is -2.14. The Labute approximate surface area is 273 Å². The highest BCUT2D eigenvalue weighted by molar-refractivity contribution is 6.23. The number of nitrogens with zero attached hydrogens (tertiary/aromatic N) is 2. The average Bonchev–Trinajstić information content (AvgIpc) is 3.72. The van der Waals surface area contributed by atoms with Crippen molar-refractivity contribution in [1.82, 2.24) is 9.13 Å². The fraction of sp³-hybridized carbons (Fsp3) is 0.0667. The maximum atomic E-state index is 2.51. The van der Waals surface area contributed by atoms with Crippen LogP contribution in [0.5, 0.6) is 0 Å². The Morgan fingerprint density at radius 3 is 1.64 bits per heavy atom. The van der Waals surface area contributed by atoms with Crippen molar-refractivity contribution in [2.75, 3.05) is 0 Å². The molecule has 0 amide bonds. The highest BCUT2D eigenvalue weighted by Gasteiger charge is 2.35. The van der Waals surface area contributed by atoms with Gasteiger partial charge in [0.05, 0.1) is 22.1 Å². The quantitative estimate of drug-likeness (QED) is 0.191. The molecule has 7 aromatic carbocycles. The van der Waals surface area contributed by atoms with E-state index in [-0.39, 0.29) is 5.41 Å². The summed E-state index contributed by atoms with van der Waals surface area (Å²) in [4.78, 5) is 0. The third-order valence-corrected chi connectivity index (χ3v) is 10.5. The lowest BCUT2D eigenvalue weighted by Gasteiger charge is -2.21. The van der Waals surface area contributed by atoms with E-state index in [0.717, 1.165) is 5.69 Å². The molecule has 0 fully saturated rings. The topological polar surface area (TPSA) is 9.86 Å². The maximum absolute atomic E-state index is 2.51. The van der Waals surface area contributed by atoms with Gasteiger partial charge in [-0.15, -0.1) is 0 Å². The third-order valence-electron chi connectivity index (χ3n) is 10.5. The maximum Gasteiger partial charge on any atom is 0.0788 e. The molecule has 2 aromatic heterocycles. The van der Waals surface area contributed by atoms with Gasteiger partial charge in [-0.05, 0) is 69.8 Å². The molecule has 1 aliphatic rings. The van der Waals surface area contributed by atoms with Gasteiger partial charge in [-0.25, -0.2) is 0 Å². The Balaban J connectivity index is 1.34. The molecule has 0 bridgehead atoms. The van der Waals surface area contributed by atoms with Gasteiger partial charge in [0, 0.05) is 38.3 Å². The van der Waals surface area contributed by atoms with Crippen LogP contribution in [0.15, 0.2) is 158 Å². The number of para-hydroxylation sites is 2. The number of hydrogen-bond acceptors (Lipinski definition) is 0. The van der Waals surface area contributed by atoms with Crippen LogP contribution in [0.2, 0.25) is 0 Å². The Hall–Kier alpha value is -5.86. The van der Waals surface area contributed by atoms with E-state index in [1.165, 1.54) is 82.7 Å². The highest BCUT2D eigenvalue weighted by atomic mass is 15.0. The van der Waals surface area contributed by atoms with E-state index >= 15 is 0 Å². The van der Waals surface area contributed by atoms with Crippen LogP contribution >= 0.6 is 0 Å². The minimum atomic E-state index is -0.0330. The zero-order chi connectivity index (χ0) is 31.3. The van der Waals surface area contributed by atoms with Crippen LogP contribution in [0.1, 0.15) is 25.0 Å². The predicted molar refractivity (Wildman–Crippen MR) is 198 cm³/mol. The van der Waals surface area contributed by atoms with Gasteiger partial charge in [-0.1, -0.05) is 135 Å². The second kappa shape index (κ2) is 9.57. The number of rotatable bonds is 3. The molecule has 0 N–H and O–H groups in total. The first-order valence-corrected chi connectivity index (χ1v) is 16.5. The minimum Gasteiger partial charge on any atom is -0.307 e. The minimum absolute atomic E-state index is 0.0330. The SMILES string of the molecule is CC1(C)c2ccccc2-c2cc(-n3c4ccccc4c4ccc5c6ccccc6n(-c6cccc(-c7ccccc7)c6)c5c43)ccc21. The van der Waals surface area contributed by atoms with Gasteiger partial charge in [0.15, 0.2) is 0 Å². The highest BCUT2D eigenvalue weighted by Crippen LogP contribution is 2.50. The van der Waals surface area contributed by atoms with E-state index in [1.807, 2.05) is 0 Å².